The monoisotopic (exact) mass is 377 g/mol. The number of nitrogens with zero attached hydrogens (tertiary/aromatic N) is 4. The number of nitrogens with one attached hydrogen (secondary N) is 1. The first-order valence-corrected chi connectivity index (χ1v) is 9.14. The Balaban J connectivity index is 1.41. The largest absolute Gasteiger partial charge is 0.366 e. The molecule has 6 nitrogen and oxygen atoms in total. The molecule has 3 aromatic rings. The van der Waals surface area contributed by atoms with Gasteiger partial charge >= 0.3 is 0 Å². The van der Waals surface area contributed by atoms with Crippen molar-refractivity contribution in [3.8, 4) is 0 Å². The minimum absolute atomic E-state index is 0.147. The number of carbonyl (C=O) groups is 1. The van der Waals surface area contributed by atoms with E-state index in [0.717, 1.165) is 5.69 Å². The molecule has 0 aliphatic carbocycles. The van der Waals surface area contributed by atoms with Crippen molar-refractivity contribution in [3.63, 3.8) is 0 Å². The van der Waals surface area contributed by atoms with Gasteiger partial charge in [-0.2, -0.15) is 0 Å². The Hall–Kier alpha value is -3.48. The van der Waals surface area contributed by atoms with Crippen LogP contribution in [0.2, 0.25) is 0 Å². The summed E-state index contributed by atoms with van der Waals surface area (Å²) in [4.78, 5) is 25.1. The molecule has 2 aromatic carbocycles. The molecule has 1 saturated heterocycles. The molecule has 1 aliphatic heterocycles. The molecule has 0 saturated carbocycles. The molecule has 1 N–H and O–H groups in total. The van der Waals surface area contributed by atoms with Crippen LogP contribution in [0.5, 0.6) is 0 Å². The van der Waals surface area contributed by atoms with Crippen molar-refractivity contribution in [1.29, 1.82) is 0 Å². The molecule has 1 aromatic heterocycles. The molecule has 0 spiro atoms. The van der Waals surface area contributed by atoms with Crippen molar-refractivity contribution in [3.05, 3.63) is 78.4 Å². The normalized spacial score (nSPS) is 14.0. The van der Waals surface area contributed by atoms with Gasteiger partial charge in [0.2, 0.25) is 5.95 Å². The van der Waals surface area contributed by atoms with E-state index in [0.29, 0.717) is 43.5 Å². The van der Waals surface area contributed by atoms with E-state index in [1.165, 1.54) is 6.07 Å². The lowest BCUT2D eigenvalue weighted by molar-refractivity contribution is 0.0740. The van der Waals surface area contributed by atoms with Gasteiger partial charge in [0.1, 0.15) is 11.5 Å². The molecule has 2 heterocycles. The van der Waals surface area contributed by atoms with Crippen LogP contribution < -0.4 is 10.2 Å². The van der Waals surface area contributed by atoms with Crippen LogP contribution in [0.1, 0.15) is 10.5 Å². The Kier molecular flexibility index (Phi) is 5.14. The van der Waals surface area contributed by atoms with Gasteiger partial charge in [-0.3, -0.25) is 4.79 Å². The van der Waals surface area contributed by atoms with Gasteiger partial charge in [0.15, 0.2) is 0 Å². The SMILES string of the molecule is O=C(c1ccnc(Nc2ccccc2)n1)N1CCN(c2ccccc2F)CC1. The lowest BCUT2D eigenvalue weighted by Gasteiger charge is -2.36. The average Bonchev–Trinajstić information content (AvgIpc) is 2.75. The Morgan fingerprint density at radius 1 is 0.929 bits per heavy atom. The fourth-order valence-corrected chi connectivity index (χ4v) is 3.21. The minimum Gasteiger partial charge on any atom is -0.366 e. The smallest absolute Gasteiger partial charge is 0.272 e. The number of carbonyl (C=O) groups excluding carboxylic acids is 1. The number of para-hydroxylation sites is 2. The lowest BCUT2D eigenvalue weighted by atomic mass is 10.2. The molecule has 28 heavy (non-hydrogen) atoms. The van der Waals surface area contributed by atoms with Crippen LogP contribution in [0.25, 0.3) is 0 Å². The topological polar surface area (TPSA) is 61.4 Å². The molecule has 1 amide bonds. The first kappa shape index (κ1) is 17.9. The van der Waals surface area contributed by atoms with Crippen LogP contribution in [-0.4, -0.2) is 47.0 Å². The third-order valence-electron chi connectivity index (χ3n) is 4.66. The Morgan fingerprint density at radius 2 is 1.64 bits per heavy atom. The van der Waals surface area contributed by atoms with Gasteiger partial charge in [-0.15, -0.1) is 0 Å². The average molecular weight is 377 g/mol. The quantitative estimate of drug-likeness (QED) is 0.756. The van der Waals surface area contributed by atoms with E-state index in [2.05, 4.69) is 15.3 Å². The van der Waals surface area contributed by atoms with E-state index < -0.39 is 0 Å². The summed E-state index contributed by atoms with van der Waals surface area (Å²) in [7, 11) is 0. The summed E-state index contributed by atoms with van der Waals surface area (Å²) in [6, 6.07) is 17.9. The van der Waals surface area contributed by atoms with Gasteiger partial charge < -0.3 is 15.1 Å². The van der Waals surface area contributed by atoms with Crippen LogP contribution in [0.3, 0.4) is 0 Å². The first-order chi connectivity index (χ1) is 13.7. The maximum Gasteiger partial charge on any atom is 0.272 e. The van der Waals surface area contributed by atoms with Gasteiger partial charge in [-0.1, -0.05) is 30.3 Å². The highest BCUT2D eigenvalue weighted by atomic mass is 19.1. The number of hydrogen-bond acceptors (Lipinski definition) is 5. The number of aromatic nitrogens is 2. The number of anilines is 3. The number of amides is 1. The van der Waals surface area contributed by atoms with E-state index in [1.807, 2.05) is 41.3 Å². The van der Waals surface area contributed by atoms with Gasteiger partial charge in [0.05, 0.1) is 5.69 Å². The maximum atomic E-state index is 14.0. The van der Waals surface area contributed by atoms with Crippen LogP contribution in [-0.2, 0) is 0 Å². The Bertz CT molecular complexity index is 958. The predicted octanol–water partition coefficient (Wildman–Crippen LogP) is 3.32. The minimum atomic E-state index is -0.241. The molecule has 7 heteroatoms. The molecule has 1 fully saturated rings. The highest BCUT2D eigenvalue weighted by Gasteiger charge is 2.24. The fraction of sp³-hybridized carbons (Fsp3) is 0.190. The number of halogens is 1. The summed E-state index contributed by atoms with van der Waals surface area (Å²) >= 11 is 0. The second-order valence-corrected chi connectivity index (χ2v) is 6.49. The van der Waals surface area contributed by atoms with E-state index in [1.54, 1.807) is 29.3 Å². The zero-order chi connectivity index (χ0) is 19.3. The van der Waals surface area contributed by atoms with Crippen molar-refractivity contribution in [2.75, 3.05) is 36.4 Å². The van der Waals surface area contributed by atoms with Gasteiger partial charge in [0.25, 0.3) is 5.91 Å². The van der Waals surface area contributed by atoms with Crippen LogP contribution in [0.15, 0.2) is 66.9 Å². The predicted molar refractivity (Wildman–Crippen MR) is 106 cm³/mol. The molecule has 1 aliphatic rings. The number of rotatable bonds is 4. The fourth-order valence-electron chi connectivity index (χ4n) is 3.21. The van der Waals surface area contributed by atoms with E-state index in [4.69, 9.17) is 0 Å². The summed E-state index contributed by atoms with van der Waals surface area (Å²) < 4.78 is 14.0. The Morgan fingerprint density at radius 3 is 2.39 bits per heavy atom. The molecule has 0 radical (unpaired) electrons. The van der Waals surface area contributed by atoms with E-state index in [9.17, 15) is 9.18 Å². The highest BCUT2D eigenvalue weighted by Crippen LogP contribution is 2.21. The zero-order valence-corrected chi connectivity index (χ0v) is 15.3. The van der Waals surface area contributed by atoms with Crippen molar-refractivity contribution in [2.45, 2.75) is 0 Å². The third-order valence-corrected chi connectivity index (χ3v) is 4.66. The summed E-state index contributed by atoms with van der Waals surface area (Å²) in [6.45, 7) is 2.18. The first-order valence-electron chi connectivity index (χ1n) is 9.14. The van der Waals surface area contributed by atoms with Crippen LogP contribution >= 0.6 is 0 Å². The molecule has 142 valence electrons. The zero-order valence-electron chi connectivity index (χ0n) is 15.3. The second kappa shape index (κ2) is 8.04. The summed E-state index contributed by atoms with van der Waals surface area (Å²) in [5.41, 5.74) is 1.77. The van der Waals surface area contributed by atoms with Crippen molar-refractivity contribution >= 4 is 23.2 Å². The summed E-state index contributed by atoms with van der Waals surface area (Å²) in [5, 5.41) is 3.09. The van der Waals surface area contributed by atoms with Crippen LogP contribution in [0, 0.1) is 5.82 Å². The summed E-state index contributed by atoms with van der Waals surface area (Å²) in [5.74, 6) is -0.0107. The highest BCUT2D eigenvalue weighted by molar-refractivity contribution is 5.92. The number of hydrogen-bond donors (Lipinski definition) is 1. The van der Waals surface area contributed by atoms with E-state index >= 15 is 0 Å². The molecular formula is C21H20FN5O. The standard InChI is InChI=1S/C21H20FN5O/c22-17-8-4-5-9-19(17)26-12-14-27(15-13-26)20(28)18-10-11-23-21(25-18)24-16-6-2-1-3-7-16/h1-11H,12-15H2,(H,23,24,25). The maximum absolute atomic E-state index is 14.0. The van der Waals surface area contributed by atoms with Crippen molar-refractivity contribution in [1.82, 2.24) is 14.9 Å². The van der Waals surface area contributed by atoms with Crippen molar-refractivity contribution < 1.29 is 9.18 Å². The van der Waals surface area contributed by atoms with Crippen molar-refractivity contribution in [2.24, 2.45) is 0 Å². The number of benzene rings is 2. The lowest BCUT2D eigenvalue weighted by Crippen LogP contribution is -2.49. The van der Waals surface area contributed by atoms with Gasteiger partial charge in [0, 0.05) is 38.1 Å². The molecular weight excluding hydrogens is 357 g/mol. The third kappa shape index (κ3) is 3.93. The second-order valence-electron chi connectivity index (χ2n) is 6.49. The molecule has 4 rings (SSSR count). The molecule has 0 unspecified atom stereocenters. The molecule has 0 atom stereocenters. The Labute approximate surface area is 162 Å². The van der Waals surface area contributed by atoms with Crippen LogP contribution in [0.4, 0.5) is 21.7 Å². The number of piperazine rings is 1. The molecule has 0 bridgehead atoms. The summed E-state index contributed by atoms with van der Waals surface area (Å²) in [6.07, 6.45) is 1.57. The van der Waals surface area contributed by atoms with E-state index in [-0.39, 0.29) is 11.7 Å². The van der Waals surface area contributed by atoms with Gasteiger partial charge in [-0.05, 0) is 30.3 Å². The van der Waals surface area contributed by atoms with Gasteiger partial charge in [-0.25, -0.2) is 14.4 Å².